The molecule has 1 aromatic heterocycles. The SMILES string of the molecule is Cc1ccc(Cl)cc1N1CCN(C(=O)c2cc(C3CC3)ncn2)CC1. The molecule has 2 aliphatic rings. The number of amides is 1. The van der Waals surface area contributed by atoms with Gasteiger partial charge in [-0.1, -0.05) is 17.7 Å². The van der Waals surface area contributed by atoms with Crippen LogP contribution in [-0.2, 0) is 0 Å². The number of benzene rings is 1. The molecule has 0 bridgehead atoms. The van der Waals surface area contributed by atoms with E-state index in [0.717, 1.165) is 29.5 Å². The highest BCUT2D eigenvalue weighted by Crippen LogP contribution is 2.38. The minimum absolute atomic E-state index is 0.00626. The van der Waals surface area contributed by atoms with Crippen LogP contribution in [0.1, 0.15) is 40.5 Å². The number of aromatic nitrogens is 2. The molecule has 0 radical (unpaired) electrons. The Morgan fingerprint density at radius 2 is 1.88 bits per heavy atom. The smallest absolute Gasteiger partial charge is 0.272 e. The molecule has 4 rings (SSSR count). The highest BCUT2D eigenvalue weighted by atomic mass is 35.5. The Morgan fingerprint density at radius 1 is 1.12 bits per heavy atom. The van der Waals surface area contributed by atoms with E-state index in [4.69, 9.17) is 11.6 Å². The topological polar surface area (TPSA) is 49.3 Å². The third-order valence-corrected chi connectivity index (χ3v) is 5.22. The van der Waals surface area contributed by atoms with E-state index in [9.17, 15) is 4.79 Å². The van der Waals surface area contributed by atoms with Crippen molar-refractivity contribution in [3.05, 3.63) is 52.6 Å². The Morgan fingerprint density at radius 3 is 2.60 bits per heavy atom. The summed E-state index contributed by atoms with van der Waals surface area (Å²) in [5.41, 5.74) is 3.88. The van der Waals surface area contributed by atoms with Crippen LogP contribution in [0, 0.1) is 6.92 Å². The molecule has 25 heavy (non-hydrogen) atoms. The van der Waals surface area contributed by atoms with E-state index in [1.165, 1.54) is 24.7 Å². The molecule has 1 aliphatic heterocycles. The Kier molecular flexibility index (Phi) is 4.34. The number of anilines is 1. The minimum Gasteiger partial charge on any atom is -0.368 e. The third kappa shape index (κ3) is 3.47. The molecule has 1 aliphatic carbocycles. The first-order valence-corrected chi connectivity index (χ1v) is 9.12. The van der Waals surface area contributed by atoms with Gasteiger partial charge in [-0.15, -0.1) is 0 Å². The largest absolute Gasteiger partial charge is 0.368 e. The van der Waals surface area contributed by atoms with Gasteiger partial charge in [0.1, 0.15) is 12.0 Å². The zero-order valence-electron chi connectivity index (χ0n) is 14.3. The number of hydrogen-bond acceptors (Lipinski definition) is 4. The fourth-order valence-corrected chi connectivity index (χ4v) is 3.49. The van der Waals surface area contributed by atoms with Crippen molar-refractivity contribution in [1.29, 1.82) is 0 Å². The Balaban J connectivity index is 1.43. The first-order chi connectivity index (χ1) is 12.1. The van der Waals surface area contributed by atoms with Crippen molar-refractivity contribution >= 4 is 23.2 Å². The molecule has 1 saturated heterocycles. The first kappa shape index (κ1) is 16.3. The summed E-state index contributed by atoms with van der Waals surface area (Å²) in [5.74, 6) is 0.531. The normalized spacial score (nSPS) is 17.7. The predicted octanol–water partition coefficient (Wildman–Crippen LogP) is 3.28. The molecule has 5 nitrogen and oxygen atoms in total. The number of carbonyl (C=O) groups excluding carboxylic acids is 1. The molecule has 6 heteroatoms. The number of halogens is 1. The van der Waals surface area contributed by atoms with Gasteiger partial charge >= 0.3 is 0 Å². The zero-order chi connectivity index (χ0) is 17.4. The van der Waals surface area contributed by atoms with Crippen LogP contribution in [0.2, 0.25) is 5.02 Å². The quantitative estimate of drug-likeness (QED) is 0.846. The van der Waals surface area contributed by atoms with Crippen LogP contribution in [0.4, 0.5) is 5.69 Å². The highest BCUT2D eigenvalue weighted by Gasteiger charge is 2.28. The monoisotopic (exact) mass is 356 g/mol. The summed E-state index contributed by atoms with van der Waals surface area (Å²) >= 11 is 6.14. The number of piperazine rings is 1. The van der Waals surface area contributed by atoms with Crippen molar-refractivity contribution in [2.75, 3.05) is 31.1 Å². The van der Waals surface area contributed by atoms with Crippen molar-refractivity contribution in [1.82, 2.24) is 14.9 Å². The van der Waals surface area contributed by atoms with Gasteiger partial charge in [-0.05, 0) is 43.5 Å². The molecular formula is C19H21ClN4O. The molecule has 1 aromatic carbocycles. The van der Waals surface area contributed by atoms with Crippen LogP contribution in [0.5, 0.6) is 0 Å². The van der Waals surface area contributed by atoms with Crippen molar-refractivity contribution in [3.8, 4) is 0 Å². The molecule has 0 spiro atoms. The van der Waals surface area contributed by atoms with E-state index in [1.807, 2.05) is 29.2 Å². The molecule has 130 valence electrons. The molecule has 0 N–H and O–H groups in total. The van der Waals surface area contributed by atoms with Gasteiger partial charge in [0.15, 0.2) is 0 Å². The molecule has 1 amide bonds. The average Bonchev–Trinajstić information content (AvgIpc) is 3.49. The zero-order valence-corrected chi connectivity index (χ0v) is 15.0. The number of carbonyl (C=O) groups is 1. The lowest BCUT2D eigenvalue weighted by Gasteiger charge is -2.36. The Bertz CT molecular complexity index is 798. The third-order valence-electron chi connectivity index (χ3n) is 4.98. The van der Waals surface area contributed by atoms with E-state index >= 15 is 0 Å². The van der Waals surface area contributed by atoms with Crippen LogP contribution in [0.3, 0.4) is 0 Å². The van der Waals surface area contributed by atoms with Gasteiger partial charge in [-0.2, -0.15) is 0 Å². The molecule has 1 saturated carbocycles. The maximum atomic E-state index is 12.8. The lowest BCUT2D eigenvalue weighted by molar-refractivity contribution is 0.0740. The molecule has 2 heterocycles. The van der Waals surface area contributed by atoms with Crippen LogP contribution in [0.15, 0.2) is 30.6 Å². The molecule has 0 unspecified atom stereocenters. The van der Waals surface area contributed by atoms with Gasteiger partial charge in [-0.3, -0.25) is 4.79 Å². The maximum absolute atomic E-state index is 12.8. The van der Waals surface area contributed by atoms with E-state index in [0.29, 0.717) is 24.7 Å². The molecular weight excluding hydrogens is 336 g/mol. The number of hydrogen-bond donors (Lipinski definition) is 0. The lowest BCUT2D eigenvalue weighted by atomic mass is 10.1. The van der Waals surface area contributed by atoms with Gasteiger partial charge in [0, 0.05) is 48.5 Å². The summed E-state index contributed by atoms with van der Waals surface area (Å²) in [5, 5.41) is 0.743. The lowest BCUT2D eigenvalue weighted by Crippen LogP contribution is -2.49. The van der Waals surface area contributed by atoms with Crippen molar-refractivity contribution in [3.63, 3.8) is 0 Å². The van der Waals surface area contributed by atoms with Crippen molar-refractivity contribution in [2.24, 2.45) is 0 Å². The highest BCUT2D eigenvalue weighted by molar-refractivity contribution is 6.30. The van der Waals surface area contributed by atoms with Gasteiger partial charge in [-0.25, -0.2) is 9.97 Å². The standard InChI is InChI=1S/C19H21ClN4O/c1-13-2-5-15(20)10-18(13)23-6-8-24(9-7-23)19(25)17-11-16(14-3-4-14)21-12-22-17/h2,5,10-12,14H,3-4,6-9H2,1H3. The van der Waals surface area contributed by atoms with Crippen LogP contribution >= 0.6 is 11.6 Å². The Hall–Kier alpha value is -2.14. The molecule has 2 fully saturated rings. The second-order valence-electron chi connectivity index (χ2n) is 6.81. The van der Waals surface area contributed by atoms with Crippen molar-refractivity contribution in [2.45, 2.75) is 25.7 Å². The van der Waals surface area contributed by atoms with Gasteiger partial charge < -0.3 is 9.80 Å². The summed E-state index contributed by atoms with van der Waals surface area (Å²) < 4.78 is 0. The summed E-state index contributed by atoms with van der Waals surface area (Å²) in [6, 6.07) is 7.82. The van der Waals surface area contributed by atoms with Crippen LogP contribution in [-0.4, -0.2) is 47.0 Å². The van der Waals surface area contributed by atoms with E-state index in [1.54, 1.807) is 0 Å². The first-order valence-electron chi connectivity index (χ1n) is 8.74. The van der Waals surface area contributed by atoms with E-state index < -0.39 is 0 Å². The second kappa shape index (κ2) is 6.64. The molecule has 2 aromatic rings. The summed E-state index contributed by atoms with van der Waals surface area (Å²) in [7, 11) is 0. The van der Waals surface area contributed by atoms with Gasteiger partial charge in [0.2, 0.25) is 0 Å². The van der Waals surface area contributed by atoms with Gasteiger partial charge in [0.25, 0.3) is 5.91 Å². The summed E-state index contributed by atoms with van der Waals surface area (Å²) in [6.45, 7) is 5.06. The summed E-state index contributed by atoms with van der Waals surface area (Å²) in [4.78, 5) is 25.4. The number of aryl methyl sites for hydroxylation is 1. The minimum atomic E-state index is 0.00626. The number of rotatable bonds is 3. The Labute approximate surface area is 152 Å². The fourth-order valence-electron chi connectivity index (χ4n) is 3.33. The average molecular weight is 357 g/mol. The van der Waals surface area contributed by atoms with Crippen molar-refractivity contribution < 1.29 is 4.79 Å². The number of nitrogens with zero attached hydrogens (tertiary/aromatic N) is 4. The van der Waals surface area contributed by atoms with Crippen LogP contribution in [0.25, 0.3) is 0 Å². The van der Waals surface area contributed by atoms with Crippen LogP contribution < -0.4 is 4.90 Å². The van der Waals surface area contributed by atoms with E-state index in [-0.39, 0.29) is 5.91 Å². The maximum Gasteiger partial charge on any atom is 0.272 e. The van der Waals surface area contributed by atoms with Gasteiger partial charge in [0.05, 0.1) is 0 Å². The summed E-state index contributed by atoms with van der Waals surface area (Å²) in [6.07, 6.45) is 3.86. The van der Waals surface area contributed by atoms with E-state index in [2.05, 4.69) is 21.8 Å². The molecule has 0 atom stereocenters. The second-order valence-corrected chi connectivity index (χ2v) is 7.25. The fraction of sp³-hybridized carbons (Fsp3) is 0.421. The predicted molar refractivity (Wildman–Crippen MR) is 98.3 cm³/mol.